The molecule has 0 aromatic heterocycles. The number of hydrogen-bond acceptors (Lipinski definition) is 17. The normalized spacial score (nSPS) is 16.7. The fourth-order valence-electron chi connectivity index (χ4n) is 8.58. The van der Waals surface area contributed by atoms with E-state index in [1.807, 2.05) is 17.0 Å². The fourth-order valence-corrected chi connectivity index (χ4v) is 8.58. The van der Waals surface area contributed by atoms with E-state index < -0.39 is 99.6 Å². The number of alkyl carbamates (subject to hydrolysis) is 1. The molecule has 0 spiro atoms. The largest absolute Gasteiger partial charge is 0.459 e. The van der Waals surface area contributed by atoms with Crippen LogP contribution in [0.15, 0.2) is 24.3 Å². The minimum Gasteiger partial charge on any atom is -0.459 e. The maximum absolute atomic E-state index is 14.1. The summed E-state index contributed by atoms with van der Waals surface area (Å²) in [6, 6.07) is 4.53. The molecule has 19 heteroatoms. The molecular formula is C56H96N6O13. The van der Waals surface area contributed by atoms with Crippen molar-refractivity contribution in [1.29, 1.82) is 0 Å². The van der Waals surface area contributed by atoms with Gasteiger partial charge in [-0.2, -0.15) is 0 Å². The molecule has 19 nitrogen and oxygen atoms in total. The van der Waals surface area contributed by atoms with Crippen LogP contribution in [0.1, 0.15) is 175 Å². The zero-order chi connectivity index (χ0) is 57.3. The van der Waals surface area contributed by atoms with E-state index in [2.05, 4.69) is 10.6 Å². The van der Waals surface area contributed by atoms with Crippen molar-refractivity contribution >= 4 is 47.5 Å². The van der Waals surface area contributed by atoms with Crippen LogP contribution in [0.4, 0.5) is 10.5 Å². The number of carbonyl (C=O) groups excluding carboxylic acids is 7. The molecule has 1 aromatic rings. The smallest absolute Gasteiger partial charge is 0.408 e. The van der Waals surface area contributed by atoms with Crippen LogP contribution in [0, 0.1) is 0 Å². The van der Waals surface area contributed by atoms with E-state index >= 15 is 0 Å². The lowest BCUT2D eigenvalue weighted by molar-refractivity contribution is -0.164. The fraction of sp³-hybridized carbons (Fsp3) is 0.768. The first-order valence-corrected chi connectivity index (χ1v) is 26.6. The molecule has 1 aliphatic rings. The number of ether oxygens (including phenoxy) is 6. The minimum atomic E-state index is -0.909. The van der Waals surface area contributed by atoms with Gasteiger partial charge in [0.15, 0.2) is 0 Å². The van der Waals surface area contributed by atoms with Gasteiger partial charge in [-0.05, 0) is 187 Å². The van der Waals surface area contributed by atoms with Crippen LogP contribution in [0.5, 0.6) is 0 Å². The Kier molecular flexibility index (Phi) is 25.2. The number of rotatable bonds is 24. The highest BCUT2D eigenvalue weighted by Gasteiger charge is 2.41. The van der Waals surface area contributed by atoms with Gasteiger partial charge in [0.25, 0.3) is 0 Å². The maximum atomic E-state index is 14.1. The Bertz CT molecular complexity index is 1960. The molecule has 2 amide bonds. The summed E-state index contributed by atoms with van der Waals surface area (Å²) < 4.78 is 34.7. The van der Waals surface area contributed by atoms with Gasteiger partial charge in [-0.3, -0.25) is 43.5 Å². The van der Waals surface area contributed by atoms with Crippen molar-refractivity contribution in [2.75, 3.05) is 51.1 Å². The molecule has 0 radical (unpaired) electrons. The van der Waals surface area contributed by atoms with Gasteiger partial charge in [0, 0.05) is 30.4 Å². The first-order chi connectivity index (χ1) is 34.2. The maximum Gasteiger partial charge on any atom is 0.408 e. The number of carbonyl (C=O) groups is 7. The van der Waals surface area contributed by atoms with Crippen molar-refractivity contribution in [3.8, 4) is 0 Å². The Labute approximate surface area is 448 Å². The summed E-state index contributed by atoms with van der Waals surface area (Å²) in [5.74, 6) is -3.22. The average molecular weight is 1060 g/mol. The number of unbranched alkanes of at least 4 members (excludes halogenated alkanes) is 1. The van der Waals surface area contributed by atoms with E-state index in [9.17, 15) is 33.6 Å². The van der Waals surface area contributed by atoms with E-state index in [0.29, 0.717) is 44.3 Å². The SMILES string of the molecule is CC(C)(C)OC(=O)CN(CC(=O)OC(C)(C)C)[C@H](Cc1ccc(NC(=O)[C@H](CCCCN)NC(=O)OC(C)(C)C)cc1)CN(CC(=O)OC(C)(C)C)[C@H]1CCCC[C@@H]1N(CC(=O)OC(C)(C)C)CC(=O)OC(C)(C)C. The number of benzene rings is 1. The van der Waals surface area contributed by atoms with E-state index in [-0.39, 0.29) is 45.7 Å². The Morgan fingerprint density at radius 3 is 1.29 bits per heavy atom. The van der Waals surface area contributed by atoms with Gasteiger partial charge >= 0.3 is 35.9 Å². The Morgan fingerprint density at radius 2 is 0.907 bits per heavy atom. The standard InChI is InChI=1S/C56H96N6O13/c1-51(2,3)70-44(63)33-60(34-45(64)71-52(4,5)6)40(31-38-26-28-39(29-27-38)58-49(68)41(23-21-22-30-57)59-50(69)75-56(16,17)18)32-61(35-46(65)72-53(7,8)9)42-24-19-20-25-43(42)62(36-47(66)73-54(10,11)12)37-48(67)74-55(13,14)15/h26-29,40-43H,19-25,30-37,57H2,1-18H3,(H,58,68)(H,59,69)/t40-,41+,42+,43+/m1/s1. The highest BCUT2D eigenvalue weighted by Crippen LogP contribution is 2.30. The topological polar surface area (TPSA) is 235 Å². The second-order valence-electron chi connectivity index (χ2n) is 25.6. The summed E-state index contributed by atoms with van der Waals surface area (Å²) in [4.78, 5) is 101. The number of amides is 2. The van der Waals surface area contributed by atoms with Crippen molar-refractivity contribution in [3.05, 3.63) is 29.8 Å². The second-order valence-corrected chi connectivity index (χ2v) is 25.6. The third-order valence-electron chi connectivity index (χ3n) is 11.0. The lowest BCUT2D eigenvalue weighted by atomic mass is 9.87. The molecule has 0 aliphatic heterocycles. The predicted molar refractivity (Wildman–Crippen MR) is 289 cm³/mol. The van der Waals surface area contributed by atoms with Crippen molar-refractivity contribution in [1.82, 2.24) is 20.0 Å². The van der Waals surface area contributed by atoms with Gasteiger partial charge in [0.2, 0.25) is 5.91 Å². The van der Waals surface area contributed by atoms with Crippen LogP contribution >= 0.6 is 0 Å². The zero-order valence-corrected chi connectivity index (χ0v) is 49.0. The third-order valence-corrected chi connectivity index (χ3v) is 11.0. The van der Waals surface area contributed by atoms with Crippen LogP contribution in [0.2, 0.25) is 0 Å². The number of anilines is 1. The van der Waals surface area contributed by atoms with Gasteiger partial charge in [-0.1, -0.05) is 25.0 Å². The zero-order valence-electron chi connectivity index (χ0n) is 49.0. The van der Waals surface area contributed by atoms with Crippen LogP contribution in [-0.2, 0) is 63.6 Å². The molecule has 0 saturated heterocycles. The molecular weight excluding hydrogens is 965 g/mol. The lowest BCUT2D eigenvalue weighted by Crippen LogP contribution is -2.60. The van der Waals surface area contributed by atoms with Gasteiger partial charge in [-0.15, -0.1) is 0 Å². The second kappa shape index (κ2) is 28.5. The number of nitrogens with zero attached hydrogens (tertiary/aromatic N) is 3. The Balaban J connectivity index is 2.86. The van der Waals surface area contributed by atoms with Gasteiger partial charge in [0.05, 0.1) is 32.7 Å². The van der Waals surface area contributed by atoms with E-state index in [4.69, 9.17) is 34.2 Å². The van der Waals surface area contributed by atoms with Crippen molar-refractivity contribution in [2.24, 2.45) is 5.73 Å². The number of nitrogens with two attached hydrogens (primary N) is 1. The summed E-state index contributed by atoms with van der Waals surface area (Å²) in [7, 11) is 0. The molecule has 1 aromatic carbocycles. The van der Waals surface area contributed by atoms with E-state index in [1.165, 1.54) is 0 Å². The monoisotopic (exact) mass is 1060 g/mol. The van der Waals surface area contributed by atoms with E-state index in [0.717, 1.165) is 18.4 Å². The predicted octanol–water partition coefficient (Wildman–Crippen LogP) is 7.48. The Morgan fingerprint density at radius 1 is 0.533 bits per heavy atom. The molecule has 2 rings (SSSR count). The van der Waals surface area contributed by atoms with Crippen molar-refractivity contribution < 1.29 is 62.0 Å². The summed E-state index contributed by atoms with van der Waals surface area (Å²) in [5.41, 5.74) is 1.97. The van der Waals surface area contributed by atoms with Gasteiger partial charge in [0.1, 0.15) is 39.6 Å². The molecule has 1 fully saturated rings. The quantitative estimate of drug-likeness (QED) is 0.0517. The van der Waals surface area contributed by atoms with Crippen LogP contribution in [0.25, 0.3) is 0 Å². The van der Waals surface area contributed by atoms with Crippen LogP contribution < -0.4 is 16.4 Å². The molecule has 0 bridgehead atoms. The molecule has 4 N–H and O–H groups in total. The molecule has 4 atom stereocenters. The summed E-state index contributed by atoms with van der Waals surface area (Å²) in [6.07, 6.45) is 3.70. The summed E-state index contributed by atoms with van der Waals surface area (Å²) in [6.45, 7) is 30.8. The molecule has 75 heavy (non-hydrogen) atoms. The average Bonchev–Trinajstić information content (AvgIpc) is 3.19. The summed E-state index contributed by atoms with van der Waals surface area (Å²) in [5, 5.41) is 5.61. The van der Waals surface area contributed by atoms with E-state index in [1.54, 1.807) is 147 Å². The first-order valence-electron chi connectivity index (χ1n) is 26.6. The lowest BCUT2D eigenvalue weighted by Gasteiger charge is -2.46. The molecule has 1 saturated carbocycles. The highest BCUT2D eigenvalue weighted by molar-refractivity contribution is 5.96. The highest BCUT2D eigenvalue weighted by atomic mass is 16.6. The van der Waals surface area contributed by atoms with Crippen LogP contribution in [-0.4, -0.2) is 160 Å². The van der Waals surface area contributed by atoms with Crippen LogP contribution in [0.3, 0.4) is 0 Å². The number of hydrogen-bond donors (Lipinski definition) is 3. The molecule has 0 unspecified atom stereocenters. The van der Waals surface area contributed by atoms with Crippen molar-refractivity contribution in [2.45, 2.75) is 234 Å². The first kappa shape index (κ1) is 66.3. The van der Waals surface area contributed by atoms with Crippen molar-refractivity contribution in [3.63, 3.8) is 0 Å². The van der Waals surface area contributed by atoms with Gasteiger partial charge < -0.3 is 44.8 Å². The third kappa shape index (κ3) is 29.3. The van der Waals surface area contributed by atoms with Gasteiger partial charge in [-0.25, -0.2) is 4.79 Å². The minimum absolute atomic E-state index is 0.0814. The molecule has 428 valence electrons. The number of esters is 5. The number of nitrogens with one attached hydrogen (secondary N) is 2. The summed E-state index contributed by atoms with van der Waals surface area (Å²) >= 11 is 0. The Hall–Kier alpha value is -4.85. The molecule has 1 aliphatic carbocycles. The molecule has 0 heterocycles.